The van der Waals surface area contributed by atoms with E-state index in [2.05, 4.69) is 80.7 Å². The number of ether oxygens (including phenoxy) is 2. The van der Waals surface area contributed by atoms with Crippen LogP contribution in [-0.2, 0) is 4.74 Å². The van der Waals surface area contributed by atoms with Crippen molar-refractivity contribution in [1.82, 2.24) is 5.32 Å². The predicted octanol–water partition coefficient (Wildman–Crippen LogP) is 5.72. The molecule has 0 aromatic heterocycles. The van der Waals surface area contributed by atoms with E-state index < -0.39 is 0 Å². The molecular weight excluding hydrogens is 346 g/mol. The molecule has 3 atom stereocenters. The topological polar surface area (TPSA) is 30.5 Å². The normalized spacial score (nSPS) is 21.1. The van der Waals surface area contributed by atoms with Gasteiger partial charge in [0.1, 0.15) is 5.75 Å². The van der Waals surface area contributed by atoms with Crippen molar-refractivity contribution >= 4 is 0 Å². The summed E-state index contributed by atoms with van der Waals surface area (Å²) in [6.45, 7) is 8.50. The van der Waals surface area contributed by atoms with Crippen LogP contribution in [0.2, 0.25) is 0 Å². The van der Waals surface area contributed by atoms with Crippen molar-refractivity contribution in [1.29, 1.82) is 0 Å². The number of para-hydroxylation sites is 1. The Labute approximate surface area is 170 Å². The fraction of sp³-hybridized carbons (Fsp3) is 0.520. The third kappa shape index (κ3) is 5.36. The van der Waals surface area contributed by atoms with Crippen molar-refractivity contribution in [2.45, 2.75) is 57.6 Å². The monoisotopic (exact) mass is 381 g/mol. The van der Waals surface area contributed by atoms with Gasteiger partial charge in [-0.15, -0.1) is 0 Å². The SMILES string of the molecule is COc1ccccc1C(CCN[C@H](C)c1ccccc1)C1CCOC(C)(C)C1. The van der Waals surface area contributed by atoms with E-state index in [0.717, 1.165) is 38.2 Å². The summed E-state index contributed by atoms with van der Waals surface area (Å²) in [6.07, 6.45) is 3.29. The standard InChI is InChI=1S/C25H35NO2/c1-19(20-10-6-5-7-11-20)26-16-14-22(21-15-17-28-25(2,3)18-21)23-12-8-9-13-24(23)27-4/h5-13,19,21-22,26H,14-18H2,1-4H3/t19-,21?,22?/m1/s1. The number of nitrogens with one attached hydrogen (secondary N) is 1. The minimum atomic E-state index is -0.0477. The molecule has 1 aliphatic heterocycles. The first-order valence-corrected chi connectivity index (χ1v) is 10.6. The van der Waals surface area contributed by atoms with Gasteiger partial charge in [0.05, 0.1) is 12.7 Å². The van der Waals surface area contributed by atoms with E-state index in [4.69, 9.17) is 9.47 Å². The fourth-order valence-electron chi connectivity index (χ4n) is 4.56. The molecule has 3 rings (SSSR count). The van der Waals surface area contributed by atoms with Gasteiger partial charge in [-0.25, -0.2) is 0 Å². The van der Waals surface area contributed by atoms with E-state index in [9.17, 15) is 0 Å². The summed E-state index contributed by atoms with van der Waals surface area (Å²) < 4.78 is 11.7. The molecule has 1 heterocycles. The molecule has 3 nitrogen and oxygen atoms in total. The molecule has 0 spiro atoms. The highest BCUT2D eigenvalue weighted by Crippen LogP contribution is 2.42. The van der Waals surface area contributed by atoms with Gasteiger partial charge in [0.15, 0.2) is 0 Å². The third-order valence-corrected chi connectivity index (χ3v) is 6.05. The maximum absolute atomic E-state index is 5.99. The van der Waals surface area contributed by atoms with Gasteiger partial charge < -0.3 is 14.8 Å². The van der Waals surface area contributed by atoms with E-state index in [0.29, 0.717) is 17.9 Å². The lowest BCUT2D eigenvalue weighted by Crippen LogP contribution is -2.37. The molecule has 1 fully saturated rings. The van der Waals surface area contributed by atoms with Crippen molar-refractivity contribution < 1.29 is 9.47 Å². The number of methoxy groups -OCH3 is 1. The molecular formula is C25H35NO2. The average Bonchev–Trinajstić information content (AvgIpc) is 2.71. The van der Waals surface area contributed by atoms with Gasteiger partial charge in [0.25, 0.3) is 0 Å². The van der Waals surface area contributed by atoms with Crippen molar-refractivity contribution in [2.24, 2.45) is 5.92 Å². The quantitative estimate of drug-likeness (QED) is 0.634. The lowest BCUT2D eigenvalue weighted by molar-refractivity contribution is -0.0773. The molecule has 0 saturated carbocycles. The zero-order chi connectivity index (χ0) is 20.0. The zero-order valence-corrected chi connectivity index (χ0v) is 17.8. The Kier molecular flexibility index (Phi) is 7.14. The van der Waals surface area contributed by atoms with Crippen molar-refractivity contribution in [3.8, 4) is 5.75 Å². The minimum Gasteiger partial charge on any atom is -0.496 e. The van der Waals surface area contributed by atoms with Gasteiger partial charge in [-0.2, -0.15) is 0 Å². The van der Waals surface area contributed by atoms with Crippen molar-refractivity contribution in [3.05, 3.63) is 65.7 Å². The Bertz CT molecular complexity index is 728. The molecule has 1 aliphatic rings. The molecule has 1 saturated heterocycles. The van der Waals surface area contributed by atoms with Crippen LogP contribution in [-0.4, -0.2) is 25.9 Å². The molecule has 2 aromatic rings. The number of hydrogen-bond acceptors (Lipinski definition) is 3. The van der Waals surface area contributed by atoms with Crippen LogP contribution in [0.25, 0.3) is 0 Å². The summed E-state index contributed by atoms with van der Waals surface area (Å²) >= 11 is 0. The lowest BCUT2D eigenvalue weighted by Gasteiger charge is -2.40. The van der Waals surface area contributed by atoms with E-state index >= 15 is 0 Å². The largest absolute Gasteiger partial charge is 0.496 e. The molecule has 0 aliphatic carbocycles. The van der Waals surface area contributed by atoms with Crippen LogP contribution in [0.1, 0.15) is 63.1 Å². The summed E-state index contributed by atoms with van der Waals surface area (Å²) in [5, 5.41) is 3.72. The van der Waals surface area contributed by atoms with Crippen LogP contribution < -0.4 is 10.1 Å². The second kappa shape index (κ2) is 9.58. The van der Waals surface area contributed by atoms with E-state index in [-0.39, 0.29) is 5.60 Å². The molecule has 0 amide bonds. The van der Waals surface area contributed by atoms with E-state index in [1.165, 1.54) is 11.1 Å². The number of hydrogen-bond donors (Lipinski definition) is 1. The first kappa shape index (κ1) is 20.9. The third-order valence-electron chi connectivity index (χ3n) is 6.05. The summed E-state index contributed by atoms with van der Waals surface area (Å²) in [6, 6.07) is 19.5. The second-order valence-corrected chi connectivity index (χ2v) is 8.58. The zero-order valence-electron chi connectivity index (χ0n) is 17.8. The molecule has 3 heteroatoms. The van der Waals surface area contributed by atoms with Crippen LogP contribution in [0, 0.1) is 5.92 Å². The molecule has 1 N–H and O–H groups in total. The molecule has 2 aromatic carbocycles. The Hall–Kier alpha value is -1.84. The Morgan fingerprint density at radius 2 is 1.82 bits per heavy atom. The van der Waals surface area contributed by atoms with Gasteiger partial charge >= 0.3 is 0 Å². The van der Waals surface area contributed by atoms with Crippen LogP contribution in [0.3, 0.4) is 0 Å². The van der Waals surface area contributed by atoms with Crippen LogP contribution >= 0.6 is 0 Å². The van der Waals surface area contributed by atoms with Gasteiger partial charge in [0, 0.05) is 12.6 Å². The van der Waals surface area contributed by atoms with Crippen LogP contribution in [0.4, 0.5) is 0 Å². The molecule has 152 valence electrons. The van der Waals surface area contributed by atoms with Crippen LogP contribution in [0.15, 0.2) is 54.6 Å². The Morgan fingerprint density at radius 3 is 2.54 bits per heavy atom. The summed E-state index contributed by atoms with van der Waals surface area (Å²) in [7, 11) is 1.78. The van der Waals surface area contributed by atoms with E-state index in [1.807, 2.05) is 0 Å². The molecule has 0 radical (unpaired) electrons. The van der Waals surface area contributed by atoms with Crippen molar-refractivity contribution in [3.63, 3.8) is 0 Å². The number of rotatable bonds is 8. The molecule has 28 heavy (non-hydrogen) atoms. The van der Waals surface area contributed by atoms with Gasteiger partial charge in [-0.05, 0) is 75.6 Å². The van der Waals surface area contributed by atoms with Crippen molar-refractivity contribution in [2.75, 3.05) is 20.3 Å². The highest BCUT2D eigenvalue weighted by Gasteiger charge is 2.35. The first-order chi connectivity index (χ1) is 13.5. The van der Waals surface area contributed by atoms with Gasteiger partial charge in [0.2, 0.25) is 0 Å². The maximum Gasteiger partial charge on any atom is 0.122 e. The number of benzene rings is 2. The Balaban J connectivity index is 1.73. The van der Waals surface area contributed by atoms with Gasteiger partial charge in [-0.3, -0.25) is 0 Å². The smallest absolute Gasteiger partial charge is 0.122 e. The lowest BCUT2D eigenvalue weighted by atomic mass is 9.75. The molecule has 2 unspecified atom stereocenters. The summed E-state index contributed by atoms with van der Waals surface area (Å²) in [4.78, 5) is 0. The highest BCUT2D eigenvalue weighted by atomic mass is 16.5. The maximum atomic E-state index is 5.99. The summed E-state index contributed by atoms with van der Waals surface area (Å²) in [5.74, 6) is 2.08. The fourth-order valence-corrected chi connectivity index (χ4v) is 4.56. The predicted molar refractivity (Wildman–Crippen MR) is 116 cm³/mol. The summed E-state index contributed by atoms with van der Waals surface area (Å²) in [5.41, 5.74) is 2.62. The van der Waals surface area contributed by atoms with Crippen LogP contribution in [0.5, 0.6) is 5.75 Å². The molecule has 0 bridgehead atoms. The second-order valence-electron chi connectivity index (χ2n) is 8.58. The first-order valence-electron chi connectivity index (χ1n) is 10.6. The minimum absolute atomic E-state index is 0.0477. The average molecular weight is 382 g/mol. The van der Waals surface area contributed by atoms with Gasteiger partial charge in [-0.1, -0.05) is 48.5 Å². The van der Waals surface area contributed by atoms with E-state index in [1.54, 1.807) is 7.11 Å². The Morgan fingerprint density at radius 1 is 1.11 bits per heavy atom. The highest BCUT2D eigenvalue weighted by molar-refractivity contribution is 5.37.